The van der Waals surface area contributed by atoms with Crippen LogP contribution in [0.4, 0.5) is 0 Å². The van der Waals surface area contributed by atoms with Crippen molar-refractivity contribution in [3.8, 4) is 0 Å². The van der Waals surface area contributed by atoms with E-state index in [1.807, 2.05) is 18.7 Å². The summed E-state index contributed by atoms with van der Waals surface area (Å²) in [6.07, 6.45) is 4.63. The topological polar surface area (TPSA) is 57.6 Å². The fraction of sp³-hybridized carbons (Fsp3) is 0.846. The summed E-state index contributed by atoms with van der Waals surface area (Å²) in [5.41, 5.74) is 0. The summed E-state index contributed by atoms with van der Waals surface area (Å²) >= 11 is 0. The molecule has 0 bridgehead atoms. The maximum absolute atomic E-state index is 12.3. The van der Waals surface area contributed by atoms with E-state index in [1.165, 1.54) is 0 Å². The summed E-state index contributed by atoms with van der Waals surface area (Å²) in [6, 6.07) is -0.0886. The molecule has 1 saturated heterocycles. The number of amides is 1. The Hall–Kier alpha value is -1.06. The average molecular weight is 241 g/mol. The zero-order valence-electron chi connectivity index (χ0n) is 10.8. The first kappa shape index (κ1) is 14.0. The molecule has 17 heavy (non-hydrogen) atoms. The van der Waals surface area contributed by atoms with Crippen molar-refractivity contribution in [3.63, 3.8) is 0 Å². The first-order chi connectivity index (χ1) is 8.10. The number of hydrogen-bond acceptors (Lipinski definition) is 2. The Morgan fingerprint density at radius 2 is 1.94 bits per heavy atom. The van der Waals surface area contributed by atoms with Gasteiger partial charge < -0.3 is 10.0 Å². The van der Waals surface area contributed by atoms with E-state index in [1.54, 1.807) is 0 Å². The van der Waals surface area contributed by atoms with Gasteiger partial charge in [-0.3, -0.25) is 9.59 Å². The molecule has 1 N–H and O–H groups in total. The van der Waals surface area contributed by atoms with Gasteiger partial charge in [0.15, 0.2) is 0 Å². The molecule has 0 aromatic carbocycles. The maximum Gasteiger partial charge on any atom is 0.305 e. The number of carboxylic acids is 1. The molecular formula is C13H23NO3. The third-order valence-electron chi connectivity index (χ3n) is 3.66. The normalized spacial score (nSPS) is 20.6. The molecule has 98 valence electrons. The third kappa shape index (κ3) is 3.72. The predicted molar refractivity (Wildman–Crippen MR) is 65.7 cm³/mol. The van der Waals surface area contributed by atoms with Crippen molar-refractivity contribution in [1.82, 2.24) is 4.90 Å². The number of aliphatic carboxylic acids is 1. The van der Waals surface area contributed by atoms with Crippen molar-refractivity contribution >= 4 is 11.9 Å². The van der Waals surface area contributed by atoms with Crippen molar-refractivity contribution in [2.45, 2.75) is 58.4 Å². The van der Waals surface area contributed by atoms with Gasteiger partial charge in [-0.25, -0.2) is 0 Å². The van der Waals surface area contributed by atoms with E-state index < -0.39 is 5.97 Å². The number of carbonyl (C=O) groups is 2. The molecule has 1 fully saturated rings. The second-order valence-corrected chi connectivity index (χ2v) is 4.79. The minimum Gasteiger partial charge on any atom is -0.481 e. The number of likely N-dealkylation sites (tertiary alicyclic amines) is 1. The smallest absolute Gasteiger partial charge is 0.305 e. The maximum atomic E-state index is 12.3. The second-order valence-electron chi connectivity index (χ2n) is 4.79. The Labute approximate surface area is 103 Å². The highest BCUT2D eigenvalue weighted by Crippen LogP contribution is 2.23. The van der Waals surface area contributed by atoms with Crippen LogP contribution >= 0.6 is 0 Å². The molecule has 1 unspecified atom stereocenters. The molecule has 0 radical (unpaired) electrons. The predicted octanol–water partition coefficient (Wildman–Crippen LogP) is 2.28. The summed E-state index contributed by atoms with van der Waals surface area (Å²) in [7, 11) is 0. The molecule has 1 atom stereocenters. The summed E-state index contributed by atoms with van der Waals surface area (Å²) in [6.45, 7) is 4.76. The fourth-order valence-electron chi connectivity index (χ4n) is 2.58. The highest BCUT2D eigenvalue weighted by molar-refractivity contribution is 5.80. The van der Waals surface area contributed by atoms with Gasteiger partial charge in [-0.15, -0.1) is 0 Å². The van der Waals surface area contributed by atoms with Gasteiger partial charge in [0.25, 0.3) is 0 Å². The van der Waals surface area contributed by atoms with Gasteiger partial charge in [0.2, 0.25) is 5.91 Å². The van der Waals surface area contributed by atoms with E-state index in [2.05, 4.69) is 0 Å². The molecule has 0 aromatic rings. The van der Waals surface area contributed by atoms with Crippen molar-refractivity contribution in [2.24, 2.45) is 5.92 Å². The Bertz CT molecular complexity index is 274. The highest BCUT2D eigenvalue weighted by atomic mass is 16.4. The van der Waals surface area contributed by atoms with Gasteiger partial charge in [-0.05, 0) is 32.1 Å². The molecule has 0 aliphatic carbocycles. The summed E-state index contributed by atoms with van der Waals surface area (Å²) in [5.74, 6) is -0.593. The molecule has 1 amide bonds. The van der Waals surface area contributed by atoms with Gasteiger partial charge in [0, 0.05) is 18.5 Å². The highest BCUT2D eigenvalue weighted by Gasteiger charge is 2.31. The zero-order chi connectivity index (χ0) is 12.8. The van der Waals surface area contributed by atoms with Crippen LogP contribution in [0, 0.1) is 5.92 Å². The number of piperidine rings is 1. The van der Waals surface area contributed by atoms with Crippen LogP contribution in [0.5, 0.6) is 0 Å². The minimum atomic E-state index is -0.806. The van der Waals surface area contributed by atoms with Gasteiger partial charge in [-0.1, -0.05) is 13.8 Å². The van der Waals surface area contributed by atoms with Crippen LogP contribution in [0.1, 0.15) is 52.4 Å². The zero-order valence-corrected chi connectivity index (χ0v) is 10.8. The lowest BCUT2D eigenvalue weighted by Gasteiger charge is -2.37. The van der Waals surface area contributed by atoms with Crippen molar-refractivity contribution in [1.29, 1.82) is 0 Å². The minimum absolute atomic E-state index is 0.0596. The molecule has 1 aliphatic heterocycles. The summed E-state index contributed by atoms with van der Waals surface area (Å²) < 4.78 is 0. The standard InChI is InChI=1S/C13H23NO3/c1-3-10(4-2)13(17)14-8-6-5-7-11(14)9-12(15)16/h10-11H,3-9H2,1-2H3,(H,15,16). The van der Waals surface area contributed by atoms with Crippen LogP contribution in [-0.2, 0) is 9.59 Å². The number of carboxylic acid groups (broad SMARTS) is 1. The first-order valence-electron chi connectivity index (χ1n) is 6.62. The lowest BCUT2D eigenvalue weighted by molar-refractivity contribution is -0.144. The molecule has 4 heteroatoms. The molecule has 1 heterocycles. The Morgan fingerprint density at radius 3 is 2.47 bits per heavy atom. The molecular weight excluding hydrogens is 218 g/mol. The molecule has 0 aromatic heterocycles. The lowest BCUT2D eigenvalue weighted by atomic mass is 9.95. The average Bonchev–Trinajstić information content (AvgIpc) is 2.30. The largest absolute Gasteiger partial charge is 0.481 e. The molecule has 1 aliphatic rings. The van der Waals surface area contributed by atoms with Gasteiger partial charge in [0.05, 0.1) is 6.42 Å². The van der Waals surface area contributed by atoms with Crippen LogP contribution in [0.3, 0.4) is 0 Å². The quantitative estimate of drug-likeness (QED) is 0.803. The summed E-state index contributed by atoms with van der Waals surface area (Å²) in [5, 5.41) is 8.88. The Morgan fingerprint density at radius 1 is 1.29 bits per heavy atom. The number of rotatable bonds is 5. The van der Waals surface area contributed by atoms with Gasteiger partial charge in [-0.2, -0.15) is 0 Å². The van der Waals surface area contributed by atoms with Crippen LogP contribution in [-0.4, -0.2) is 34.5 Å². The number of nitrogens with zero attached hydrogens (tertiary/aromatic N) is 1. The second kappa shape index (κ2) is 6.62. The first-order valence-corrected chi connectivity index (χ1v) is 6.62. The number of hydrogen-bond donors (Lipinski definition) is 1. The van der Waals surface area contributed by atoms with Crippen molar-refractivity contribution < 1.29 is 14.7 Å². The monoisotopic (exact) mass is 241 g/mol. The molecule has 4 nitrogen and oxygen atoms in total. The third-order valence-corrected chi connectivity index (χ3v) is 3.66. The molecule has 0 saturated carbocycles. The van der Waals surface area contributed by atoms with Crippen LogP contribution < -0.4 is 0 Å². The van der Waals surface area contributed by atoms with Crippen LogP contribution in [0.2, 0.25) is 0 Å². The van der Waals surface area contributed by atoms with E-state index >= 15 is 0 Å². The van der Waals surface area contributed by atoms with Gasteiger partial charge in [0.1, 0.15) is 0 Å². The Balaban J connectivity index is 2.69. The van der Waals surface area contributed by atoms with E-state index in [0.29, 0.717) is 0 Å². The van der Waals surface area contributed by atoms with Crippen molar-refractivity contribution in [2.75, 3.05) is 6.54 Å². The Kier molecular flexibility index (Phi) is 5.45. The summed E-state index contributed by atoms with van der Waals surface area (Å²) in [4.78, 5) is 24.9. The number of carbonyl (C=O) groups excluding carboxylic acids is 1. The van der Waals surface area contributed by atoms with E-state index in [0.717, 1.165) is 38.6 Å². The van der Waals surface area contributed by atoms with Crippen LogP contribution in [0.15, 0.2) is 0 Å². The van der Waals surface area contributed by atoms with Gasteiger partial charge >= 0.3 is 5.97 Å². The van der Waals surface area contributed by atoms with Crippen LogP contribution in [0.25, 0.3) is 0 Å². The molecule has 1 rings (SSSR count). The van der Waals surface area contributed by atoms with E-state index in [-0.39, 0.29) is 24.3 Å². The fourth-order valence-corrected chi connectivity index (χ4v) is 2.58. The van der Waals surface area contributed by atoms with E-state index in [9.17, 15) is 9.59 Å². The van der Waals surface area contributed by atoms with Crippen molar-refractivity contribution in [3.05, 3.63) is 0 Å². The molecule has 0 spiro atoms. The lowest BCUT2D eigenvalue weighted by Crippen LogP contribution is -2.47. The van der Waals surface area contributed by atoms with E-state index in [4.69, 9.17) is 5.11 Å². The SMILES string of the molecule is CCC(CC)C(=O)N1CCCCC1CC(=O)O.